The lowest BCUT2D eigenvalue weighted by molar-refractivity contribution is -0.141. The second-order valence-electron chi connectivity index (χ2n) is 6.47. The molecule has 0 saturated carbocycles. The molecule has 0 bridgehead atoms. The minimum absolute atomic E-state index is 0.463. The van der Waals surface area contributed by atoms with E-state index in [2.05, 4.69) is 4.99 Å². The van der Waals surface area contributed by atoms with Gasteiger partial charge in [0.05, 0.1) is 5.57 Å². The number of carbonyl (C=O) groups excluding carboxylic acids is 2. The third-order valence-corrected chi connectivity index (χ3v) is 6.44. The van der Waals surface area contributed by atoms with E-state index in [4.69, 9.17) is 0 Å². The molecule has 0 aromatic heterocycles. The summed E-state index contributed by atoms with van der Waals surface area (Å²) >= 11 is 1.43. The number of likely N-dealkylation sites (tertiary alicyclic amines) is 1. The minimum Gasteiger partial charge on any atom is -0.323 e. The molecule has 0 N–H and O–H groups in total. The molecule has 2 heterocycles. The zero-order valence-electron chi connectivity index (χ0n) is 15.3. The van der Waals surface area contributed by atoms with Gasteiger partial charge in [-0.2, -0.15) is 0 Å². The zero-order chi connectivity index (χ0) is 19.2. The van der Waals surface area contributed by atoms with E-state index >= 15 is 0 Å². The fourth-order valence-corrected chi connectivity index (χ4v) is 5.06. The van der Waals surface area contributed by atoms with E-state index < -0.39 is 17.4 Å². The number of amides is 1. The number of aliphatic imine (C=N–C) groups is 1. The highest BCUT2D eigenvalue weighted by Gasteiger charge is 2.61. The number of hydrogen-bond acceptors (Lipinski definition) is 4. The summed E-state index contributed by atoms with van der Waals surface area (Å²) in [6.45, 7) is 0. The topological polar surface area (TPSA) is 53.0 Å². The van der Waals surface area contributed by atoms with Crippen LogP contribution >= 0.6 is 11.8 Å². The molecule has 1 saturated heterocycles. The average molecular weight is 377 g/mol. The molecule has 136 valence electrons. The fourth-order valence-electron chi connectivity index (χ4n) is 3.93. The number of fused-ring (bicyclic) bond motifs is 1. The highest BCUT2D eigenvalue weighted by atomic mass is 32.2. The Morgan fingerprint density at radius 2 is 1.48 bits per heavy atom. The Kier molecular flexibility index (Phi) is 4.15. The third-order valence-electron chi connectivity index (χ3n) is 5.16. The maximum Gasteiger partial charge on any atom is 0.296 e. The summed E-state index contributed by atoms with van der Waals surface area (Å²) in [6, 6.07) is 19.4. The number of Topliss-reactive ketones (excluding diaryl/α,β-unsaturated/α-hetero) is 1. The number of nitrogens with zero attached hydrogens (tertiary/aromatic N) is 3. The normalized spacial score (nSPS) is 24.0. The maximum absolute atomic E-state index is 13.1. The Labute approximate surface area is 162 Å². The summed E-state index contributed by atoms with van der Waals surface area (Å²) in [5.74, 6) is -0.971. The summed E-state index contributed by atoms with van der Waals surface area (Å²) in [7, 11) is 5.29. The molecule has 2 aliphatic rings. The van der Waals surface area contributed by atoms with E-state index in [0.717, 1.165) is 21.2 Å². The standard InChI is InChI=1S/C21H19N3O2S/c1-22-20-24(3)21(15-12-8-5-9-13-15)16(17(25)19(26)23(21)2)18(27-20)14-10-6-4-7-11-14/h4-13H,1-3H3. The number of amidine groups is 1. The Morgan fingerprint density at radius 1 is 0.889 bits per heavy atom. The summed E-state index contributed by atoms with van der Waals surface area (Å²) in [4.78, 5) is 34.6. The molecular weight excluding hydrogens is 358 g/mol. The van der Waals surface area contributed by atoms with Gasteiger partial charge in [-0.05, 0) is 5.56 Å². The lowest BCUT2D eigenvalue weighted by Crippen LogP contribution is -2.56. The summed E-state index contributed by atoms with van der Waals surface area (Å²) in [5.41, 5.74) is 1.25. The van der Waals surface area contributed by atoms with E-state index in [1.54, 1.807) is 14.1 Å². The van der Waals surface area contributed by atoms with Gasteiger partial charge in [0.1, 0.15) is 0 Å². The Bertz CT molecular complexity index is 985. The molecule has 0 aliphatic carbocycles. The molecule has 4 rings (SSSR count). The third kappa shape index (κ3) is 2.29. The predicted octanol–water partition coefficient (Wildman–Crippen LogP) is 2.96. The lowest BCUT2D eigenvalue weighted by atomic mass is 9.88. The van der Waals surface area contributed by atoms with Crippen molar-refractivity contribution in [2.24, 2.45) is 4.99 Å². The van der Waals surface area contributed by atoms with Crippen molar-refractivity contribution in [3.63, 3.8) is 0 Å². The molecule has 6 heteroatoms. The second-order valence-corrected chi connectivity index (χ2v) is 7.45. The van der Waals surface area contributed by atoms with Crippen LogP contribution in [0.4, 0.5) is 0 Å². The van der Waals surface area contributed by atoms with Crippen molar-refractivity contribution in [3.05, 3.63) is 77.4 Å². The van der Waals surface area contributed by atoms with Gasteiger partial charge in [-0.3, -0.25) is 14.6 Å². The number of hydrogen-bond donors (Lipinski definition) is 0. The van der Waals surface area contributed by atoms with Crippen molar-refractivity contribution in [1.82, 2.24) is 9.80 Å². The van der Waals surface area contributed by atoms with Crippen molar-refractivity contribution in [1.29, 1.82) is 0 Å². The van der Waals surface area contributed by atoms with Gasteiger partial charge < -0.3 is 9.80 Å². The van der Waals surface area contributed by atoms with Crippen LogP contribution in [0, 0.1) is 0 Å². The maximum atomic E-state index is 13.1. The first-order valence-corrected chi connectivity index (χ1v) is 9.41. The zero-order valence-corrected chi connectivity index (χ0v) is 16.2. The van der Waals surface area contributed by atoms with E-state index in [9.17, 15) is 9.59 Å². The molecule has 1 unspecified atom stereocenters. The number of thioether (sulfide) groups is 1. The average Bonchev–Trinajstić information content (AvgIpc) is 2.92. The molecular formula is C21H19N3O2S. The van der Waals surface area contributed by atoms with Gasteiger partial charge in [0, 0.05) is 31.6 Å². The molecule has 1 amide bonds. The van der Waals surface area contributed by atoms with Crippen molar-refractivity contribution in [2.45, 2.75) is 5.66 Å². The van der Waals surface area contributed by atoms with Crippen molar-refractivity contribution < 1.29 is 9.59 Å². The number of rotatable bonds is 2. The minimum atomic E-state index is -1.01. The van der Waals surface area contributed by atoms with E-state index in [1.165, 1.54) is 16.7 Å². The highest BCUT2D eigenvalue weighted by molar-refractivity contribution is 8.21. The van der Waals surface area contributed by atoms with Gasteiger partial charge in [-0.25, -0.2) is 0 Å². The second kappa shape index (κ2) is 6.39. The fraction of sp³-hybridized carbons (Fsp3) is 0.190. The predicted molar refractivity (Wildman–Crippen MR) is 108 cm³/mol. The largest absolute Gasteiger partial charge is 0.323 e. The number of ketones is 1. The SMILES string of the molecule is CN=C1SC(c2ccccc2)=C2C(=O)C(=O)N(C)C2(c2ccccc2)N1C. The monoisotopic (exact) mass is 377 g/mol. The van der Waals surface area contributed by atoms with Crippen molar-refractivity contribution >= 4 is 33.5 Å². The lowest BCUT2D eigenvalue weighted by Gasteiger charge is -2.48. The first-order valence-electron chi connectivity index (χ1n) is 8.60. The molecule has 2 aromatic rings. The quantitative estimate of drug-likeness (QED) is 0.755. The first kappa shape index (κ1) is 17.5. The molecule has 0 spiro atoms. The van der Waals surface area contributed by atoms with Crippen LogP contribution in [-0.2, 0) is 15.3 Å². The van der Waals surface area contributed by atoms with Crippen LogP contribution in [0.25, 0.3) is 4.91 Å². The Balaban J connectivity index is 2.13. The van der Waals surface area contributed by atoms with Gasteiger partial charge in [-0.1, -0.05) is 72.4 Å². The van der Waals surface area contributed by atoms with Crippen LogP contribution in [-0.4, -0.2) is 47.8 Å². The summed E-state index contributed by atoms with van der Waals surface area (Å²) in [5, 5.41) is 0.746. The number of benzene rings is 2. The van der Waals surface area contributed by atoms with Crippen LogP contribution in [0.3, 0.4) is 0 Å². The van der Waals surface area contributed by atoms with Crippen LogP contribution in [0.15, 0.2) is 71.2 Å². The molecule has 1 atom stereocenters. The molecule has 1 fully saturated rings. The van der Waals surface area contributed by atoms with Gasteiger partial charge in [0.2, 0.25) is 0 Å². The molecule has 5 nitrogen and oxygen atoms in total. The van der Waals surface area contributed by atoms with Crippen molar-refractivity contribution in [3.8, 4) is 0 Å². The molecule has 0 radical (unpaired) electrons. The molecule has 2 aliphatic heterocycles. The summed E-state index contributed by atoms with van der Waals surface area (Å²) < 4.78 is 0. The highest BCUT2D eigenvalue weighted by Crippen LogP contribution is 2.53. The number of likely N-dealkylation sites (N-methyl/N-ethyl adjacent to an activating group) is 2. The van der Waals surface area contributed by atoms with E-state index in [-0.39, 0.29) is 0 Å². The first-order chi connectivity index (χ1) is 13.0. The summed E-state index contributed by atoms with van der Waals surface area (Å²) in [6.07, 6.45) is 0. The van der Waals surface area contributed by atoms with Gasteiger partial charge >= 0.3 is 0 Å². The van der Waals surface area contributed by atoms with Gasteiger partial charge in [0.25, 0.3) is 11.7 Å². The Hall–Kier alpha value is -2.86. The van der Waals surface area contributed by atoms with Crippen LogP contribution in [0.5, 0.6) is 0 Å². The number of carbonyl (C=O) groups is 2. The molecule has 27 heavy (non-hydrogen) atoms. The van der Waals surface area contributed by atoms with Crippen LogP contribution < -0.4 is 0 Å². The smallest absolute Gasteiger partial charge is 0.296 e. The van der Waals surface area contributed by atoms with Crippen LogP contribution in [0.1, 0.15) is 11.1 Å². The molecule has 2 aromatic carbocycles. The Morgan fingerprint density at radius 3 is 2.07 bits per heavy atom. The van der Waals surface area contributed by atoms with E-state index in [0.29, 0.717) is 5.57 Å². The van der Waals surface area contributed by atoms with Crippen LogP contribution in [0.2, 0.25) is 0 Å². The van der Waals surface area contributed by atoms with E-state index in [1.807, 2.05) is 72.6 Å². The van der Waals surface area contributed by atoms with Crippen molar-refractivity contribution in [2.75, 3.05) is 21.1 Å². The van der Waals surface area contributed by atoms with Gasteiger partial charge in [0.15, 0.2) is 10.8 Å². The van der Waals surface area contributed by atoms with Gasteiger partial charge in [-0.15, -0.1) is 0 Å².